The van der Waals surface area contributed by atoms with Crippen LogP contribution in [-0.2, 0) is 11.2 Å². The number of ether oxygens (including phenoxy) is 1. The predicted octanol–water partition coefficient (Wildman–Crippen LogP) is 5.10. The van der Waals surface area contributed by atoms with Crippen molar-refractivity contribution in [1.29, 1.82) is 0 Å². The van der Waals surface area contributed by atoms with Gasteiger partial charge in [0.05, 0.1) is 17.8 Å². The van der Waals surface area contributed by atoms with Crippen molar-refractivity contribution in [2.45, 2.75) is 31.8 Å². The molecule has 1 aliphatic heterocycles. The third-order valence-corrected chi connectivity index (χ3v) is 6.06. The van der Waals surface area contributed by atoms with Crippen molar-refractivity contribution in [1.82, 2.24) is 0 Å². The normalized spacial score (nSPS) is 15.5. The second-order valence-electron chi connectivity index (χ2n) is 8.18. The molecule has 1 N–H and O–H groups in total. The average Bonchev–Trinajstić information content (AvgIpc) is 2.81. The maximum Gasteiger partial charge on any atom is 0.338 e. The summed E-state index contributed by atoms with van der Waals surface area (Å²) in [5.41, 5.74) is 4.47. The lowest BCUT2D eigenvalue weighted by atomic mass is 9.83. The summed E-state index contributed by atoms with van der Waals surface area (Å²) in [6.45, 7) is 3.74. The van der Waals surface area contributed by atoms with Crippen LogP contribution < -0.4 is 4.90 Å². The Bertz CT molecular complexity index is 1010. The molecular weight excluding hydrogens is 386 g/mol. The highest BCUT2D eigenvalue weighted by atomic mass is 16.5. The van der Waals surface area contributed by atoms with E-state index in [1.54, 1.807) is 6.92 Å². The summed E-state index contributed by atoms with van der Waals surface area (Å²) in [5, 5.41) is 11.3. The van der Waals surface area contributed by atoms with Gasteiger partial charge < -0.3 is 14.7 Å². The highest BCUT2D eigenvalue weighted by Gasteiger charge is 2.33. The van der Waals surface area contributed by atoms with E-state index in [0.29, 0.717) is 31.4 Å². The van der Waals surface area contributed by atoms with E-state index < -0.39 is 5.60 Å². The number of hydrogen-bond donors (Lipinski definition) is 1. The van der Waals surface area contributed by atoms with E-state index in [2.05, 4.69) is 35.2 Å². The Kier molecular flexibility index (Phi) is 6.38. The zero-order valence-electron chi connectivity index (χ0n) is 18.0. The van der Waals surface area contributed by atoms with Gasteiger partial charge in [-0.05, 0) is 60.7 Å². The number of anilines is 1. The molecule has 31 heavy (non-hydrogen) atoms. The van der Waals surface area contributed by atoms with E-state index in [1.807, 2.05) is 48.5 Å². The Morgan fingerprint density at radius 2 is 1.58 bits per heavy atom. The summed E-state index contributed by atoms with van der Waals surface area (Å²) in [4.78, 5) is 14.1. The standard InChI is InChI=1S/C27H29NO3/c1-2-31-26(29)22-12-14-24(15-13-22)28-18-16-27(30,17-19-28)20-23-10-6-7-11-25(23)21-8-4-3-5-9-21/h3-15,30H,2,16-20H2,1H3. The fourth-order valence-electron chi connectivity index (χ4n) is 4.31. The first-order chi connectivity index (χ1) is 15.1. The summed E-state index contributed by atoms with van der Waals surface area (Å²) in [6, 6.07) is 26.3. The molecule has 1 aliphatic rings. The third kappa shape index (κ3) is 4.97. The molecule has 0 radical (unpaired) electrons. The van der Waals surface area contributed by atoms with E-state index in [9.17, 15) is 9.90 Å². The van der Waals surface area contributed by atoms with Crippen LogP contribution in [0, 0.1) is 0 Å². The van der Waals surface area contributed by atoms with Crippen molar-refractivity contribution in [3.8, 4) is 11.1 Å². The van der Waals surface area contributed by atoms with E-state index in [1.165, 1.54) is 16.7 Å². The first-order valence-electron chi connectivity index (χ1n) is 11.0. The third-order valence-electron chi connectivity index (χ3n) is 6.06. The van der Waals surface area contributed by atoms with Crippen LogP contribution >= 0.6 is 0 Å². The van der Waals surface area contributed by atoms with E-state index >= 15 is 0 Å². The smallest absolute Gasteiger partial charge is 0.338 e. The van der Waals surface area contributed by atoms with Gasteiger partial charge in [-0.2, -0.15) is 0 Å². The highest BCUT2D eigenvalue weighted by Crippen LogP contribution is 2.33. The number of carbonyl (C=O) groups is 1. The van der Waals surface area contributed by atoms with Gasteiger partial charge >= 0.3 is 5.97 Å². The minimum Gasteiger partial charge on any atom is -0.462 e. The molecule has 4 nitrogen and oxygen atoms in total. The zero-order valence-corrected chi connectivity index (χ0v) is 18.0. The van der Waals surface area contributed by atoms with Gasteiger partial charge in [-0.25, -0.2) is 4.79 Å². The van der Waals surface area contributed by atoms with Crippen molar-refractivity contribution in [3.05, 3.63) is 90.0 Å². The van der Waals surface area contributed by atoms with Crippen LogP contribution in [0.2, 0.25) is 0 Å². The van der Waals surface area contributed by atoms with Crippen LogP contribution in [-0.4, -0.2) is 36.4 Å². The highest BCUT2D eigenvalue weighted by molar-refractivity contribution is 5.89. The molecular formula is C27H29NO3. The number of nitrogens with zero attached hydrogens (tertiary/aromatic N) is 1. The van der Waals surface area contributed by atoms with Gasteiger partial charge in [0, 0.05) is 25.2 Å². The number of rotatable bonds is 6. The molecule has 1 saturated heterocycles. The molecule has 0 unspecified atom stereocenters. The van der Waals surface area contributed by atoms with Gasteiger partial charge in [0.2, 0.25) is 0 Å². The first-order valence-corrected chi connectivity index (χ1v) is 11.0. The second kappa shape index (κ2) is 9.36. The molecule has 160 valence electrons. The molecule has 0 amide bonds. The number of carbonyl (C=O) groups excluding carboxylic acids is 1. The summed E-state index contributed by atoms with van der Waals surface area (Å²) in [6.07, 6.45) is 2.05. The largest absolute Gasteiger partial charge is 0.462 e. The maximum absolute atomic E-state index is 11.9. The number of hydrogen-bond acceptors (Lipinski definition) is 4. The fraction of sp³-hybridized carbons (Fsp3) is 0.296. The molecule has 0 spiro atoms. The Balaban J connectivity index is 1.42. The minimum atomic E-state index is -0.716. The van der Waals surface area contributed by atoms with Crippen molar-refractivity contribution in [3.63, 3.8) is 0 Å². The summed E-state index contributed by atoms with van der Waals surface area (Å²) < 4.78 is 5.05. The van der Waals surface area contributed by atoms with Crippen LogP contribution in [0.4, 0.5) is 5.69 Å². The van der Waals surface area contributed by atoms with E-state index in [0.717, 1.165) is 18.8 Å². The minimum absolute atomic E-state index is 0.292. The van der Waals surface area contributed by atoms with Gasteiger partial charge in [-0.15, -0.1) is 0 Å². The van der Waals surface area contributed by atoms with Gasteiger partial charge in [0.15, 0.2) is 0 Å². The number of esters is 1. The van der Waals surface area contributed by atoms with Gasteiger partial charge in [0.25, 0.3) is 0 Å². The molecule has 3 aromatic carbocycles. The lowest BCUT2D eigenvalue weighted by Crippen LogP contribution is -2.45. The lowest BCUT2D eigenvalue weighted by Gasteiger charge is -2.39. The molecule has 4 heteroatoms. The predicted molar refractivity (Wildman–Crippen MR) is 124 cm³/mol. The maximum atomic E-state index is 11.9. The molecule has 1 heterocycles. The van der Waals surface area contributed by atoms with Crippen molar-refractivity contribution in [2.75, 3.05) is 24.6 Å². The van der Waals surface area contributed by atoms with Gasteiger partial charge in [-0.3, -0.25) is 0 Å². The molecule has 0 saturated carbocycles. The van der Waals surface area contributed by atoms with Gasteiger partial charge in [-0.1, -0.05) is 54.6 Å². The quantitative estimate of drug-likeness (QED) is 0.569. The Morgan fingerprint density at radius 3 is 2.26 bits per heavy atom. The molecule has 0 aromatic heterocycles. The number of aliphatic hydroxyl groups is 1. The zero-order chi connectivity index (χ0) is 21.7. The van der Waals surface area contributed by atoms with Crippen LogP contribution in [0.3, 0.4) is 0 Å². The Labute approximate surface area is 184 Å². The van der Waals surface area contributed by atoms with Crippen LogP contribution in [0.1, 0.15) is 35.7 Å². The first kappa shape index (κ1) is 21.1. The SMILES string of the molecule is CCOC(=O)c1ccc(N2CCC(O)(Cc3ccccc3-c3ccccc3)CC2)cc1. The monoisotopic (exact) mass is 415 g/mol. The van der Waals surface area contributed by atoms with Crippen LogP contribution in [0.15, 0.2) is 78.9 Å². The lowest BCUT2D eigenvalue weighted by molar-refractivity contribution is 0.0166. The van der Waals surface area contributed by atoms with Crippen LogP contribution in [0.25, 0.3) is 11.1 Å². The van der Waals surface area contributed by atoms with E-state index in [4.69, 9.17) is 4.74 Å². The Hall–Kier alpha value is -3.11. The molecule has 1 fully saturated rings. The second-order valence-corrected chi connectivity index (χ2v) is 8.18. The molecule has 0 aliphatic carbocycles. The van der Waals surface area contributed by atoms with Crippen molar-refractivity contribution >= 4 is 11.7 Å². The summed E-state index contributed by atoms with van der Waals surface area (Å²) in [5.74, 6) is -0.292. The average molecular weight is 416 g/mol. The number of benzene rings is 3. The number of piperidine rings is 1. The van der Waals surface area contributed by atoms with Crippen molar-refractivity contribution < 1.29 is 14.6 Å². The molecule has 4 rings (SSSR count). The molecule has 0 bridgehead atoms. The molecule has 3 aromatic rings. The summed E-state index contributed by atoms with van der Waals surface area (Å²) >= 11 is 0. The summed E-state index contributed by atoms with van der Waals surface area (Å²) in [7, 11) is 0. The Morgan fingerprint density at radius 1 is 0.935 bits per heavy atom. The molecule has 0 atom stereocenters. The topological polar surface area (TPSA) is 49.8 Å². The van der Waals surface area contributed by atoms with Crippen LogP contribution in [0.5, 0.6) is 0 Å². The van der Waals surface area contributed by atoms with E-state index in [-0.39, 0.29) is 5.97 Å². The van der Waals surface area contributed by atoms with Crippen molar-refractivity contribution in [2.24, 2.45) is 0 Å². The fourth-order valence-corrected chi connectivity index (χ4v) is 4.31. The van der Waals surface area contributed by atoms with Gasteiger partial charge in [0.1, 0.15) is 0 Å².